The normalized spacial score (nSPS) is 12.1. The Bertz CT molecular complexity index is 551. The molecule has 2 aromatic rings. The van der Waals surface area contributed by atoms with Crippen LogP contribution in [-0.2, 0) is 13.0 Å². The number of nitrogens with one attached hydrogen (secondary N) is 1. The number of aromatic nitrogens is 1. The van der Waals surface area contributed by atoms with E-state index in [1.807, 2.05) is 31.3 Å². The Morgan fingerprint density at radius 1 is 1.14 bits per heavy atom. The van der Waals surface area contributed by atoms with Crippen molar-refractivity contribution >= 4 is 0 Å². The van der Waals surface area contributed by atoms with E-state index >= 15 is 0 Å². The van der Waals surface area contributed by atoms with E-state index in [9.17, 15) is 0 Å². The molecule has 1 unspecified atom stereocenters. The minimum atomic E-state index is 0.285. The summed E-state index contributed by atoms with van der Waals surface area (Å²) in [5, 5.41) is 3.54. The van der Waals surface area contributed by atoms with E-state index in [1.165, 1.54) is 11.1 Å². The van der Waals surface area contributed by atoms with Gasteiger partial charge in [0.15, 0.2) is 0 Å². The van der Waals surface area contributed by atoms with E-state index < -0.39 is 0 Å². The number of rotatable bonds is 7. The van der Waals surface area contributed by atoms with Crippen molar-refractivity contribution < 1.29 is 4.74 Å². The van der Waals surface area contributed by atoms with Crippen LogP contribution < -0.4 is 10.1 Å². The van der Waals surface area contributed by atoms with E-state index in [2.05, 4.69) is 42.3 Å². The molecule has 3 nitrogen and oxygen atoms in total. The fraction of sp³-hybridized carbons (Fsp3) is 0.389. The summed E-state index contributed by atoms with van der Waals surface area (Å²) in [5.74, 6) is 0.923. The molecule has 1 N–H and O–H groups in total. The van der Waals surface area contributed by atoms with Gasteiger partial charge in [-0.2, -0.15) is 0 Å². The van der Waals surface area contributed by atoms with Crippen LogP contribution in [0, 0.1) is 0 Å². The summed E-state index contributed by atoms with van der Waals surface area (Å²) in [6.45, 7) is 7.82. The zero-order valence-electron chi connectivity index (χ0n) is 13.1. The van der Waals surface area contributed by atoms with Gasteiger partial charge in [-0.05, 0) is 49.6 Å². The second-order valence-electron chi connectivity index (χ2n) is 5.07. The molecule has 0 amide bonds. The van der Waals surface area contributed by atoms with Gasteiger partial charge in [0, 0.05) is 18.8 Å². The fourth-order valence-electron chi connectivity index (χ4n) is 2.34. The number of ether oxygens (including phenoxy) is 1. The van der Waals surface area contributed by atoms with Crippen LogP contribution in [0.25, 0.3) is 0 Å². The highest BCUT2D eigenvalue weighted by molar-refractivity contribution is 5.29. The van der Waals surface area contributed by atoms with Gasteiger partial charge in [-0.1, -0.05) is 25.1 Å². The van der Waals surface area contributed by atoms with Crippen LogP contribution in [0.1, 0.15) is 43.6 Å². The van der Waals surface area contributed by atoms with Crippen molar-refractivity contribution in [1.82, 2.24) is 10.3 Å². The van der Waals surface area contributed by atoms with Gasteiger partial charge < -0.3 is 10.1 Å². The third kappa shape index (κ3) is 4.30. The van der Waals surface area contributed by atoms with Crippen LogP contribution in [0.5, 0.6) is 5.75 Å². The van der Waals surface area contributed by atoms with Crippen molar-refractivity contribution in [3.8, 4) is 5.75 Å². The SMILES string of the molecule is CCOc1ccc(C(C)NCc2ncccc2CC)cc1. The van der Waals surface area contributed by atoms with Gasteiger partial charge >= 0.3 is 0 Å². The standard InChI is InChI=1S/C18H24N2O/c1-4-15-7-6-12-19-18(15)13-20-14(3)16-8-10-17(11-9-16)21-5-2/h6-12,14,20H,4-5,13H2,1-3H3. The van der Waals surface area contributed by atoms with Crippen LogP contribution in [0.2, 0.25) is 0 Å². The van der Waals surface area contributed by atoms with Gasteiger partial charge in [0.1, 0.15) is 5.75 Å². The van der Waals surface area contributed by atoms with Gasteiger partial charge in [0.2, 0.25) is 0 Å². The second-order valence-corrected chi connectivity index (χ2v) is 5.07. The molecule has 0 spiro atoms. The summed E-state index contributed by atoms with van der Waals surface area (Å²) in [7, 11) is 0. The summed E-state index contributed by atoms with van der Waals surface area (Å²) in [6.07, 6.45) is 2.88. The van der Waals surface area contributed by atoms with Crippen molar-refractivity contribution in [2.45, 2.75) is 39.8 Å². The van der Waals surface area contributed by atoms with Crippen molar-refractivity contribution in [1.29, 1.82) is 0 Å². The number of pyridine rings is 1. The Hall–Kier alpha value is -1.87. The molecule has 112 valence electrons. The zero-order valence-corrected chi connectivity index (χ0v) is 13.1. The molecular weight excluding hydrogens is 260 g/mol. The highest BCUT2D eigenvalue weighted by atomic mass is 16.5. The third-order valence-electron chi connectivity index (χ3n) is 3.63. The quantitative estimate of drug-likeness (QED) is 0.837. The maximum Gasteiger partial charge on any atom is 0.119 e. The molecule has 3 heteroatoms. The lowest BCUT2D eigenvalue weighted by Gasteiger charge is -2.16. The molecule has 0 saturated carbocycles. The maximum absolute atomic E-state index is 5.47. The minimum absolute atomic E-state index is 0.285. The second kappa shape index (κ2) is 7.79. The molecule has 1 aromatic carbocycles. The lowest BCUT2D eigenvalue weighted by atomic mass is 10.1. The fourth-order valence-corrected chi connectivity index (χ4v) is 2.34. The third-order valence-corrected chi connectivity index (χ3v) is 3.63. The van der Waals surface area contributed by atoms with Crippen LogP contribution in [0.3, 0.4) is 0 Å². The van der Waals surface area contributed by atoms with E-state index in [1.54, 1.807) is 0 Å². The molecule has 0 fully saturated rings. The first-order valence-corrected chi connectivity index (χ1v) is 7.63. The first kappa shape index (κ1) is 15.5. The van der Waals surface area contributed by atoms with Crippen LogP contribution in [0.15, 0.2) is 42.6 Å². The molecule has 1 heterocycles. The van der Waals surface area contributed by atoms with Crippen LogP contribution in [-0.4, -0.2) is 11.6 Å². The smallest absolute Gasteiger partial charge is 0.119 e. The van der Waals surface area contributed by atoms with Crippen molar-refractivity contribution in [3.63, 3.8) is 0 Å². The molecule has 0 aliphatic heterocycles. The average Bonchev–Trinajstić information content (AvgIpc) is 2.54. The summed E-state index contributed by atoms with van der Waals surface area (Å²) < 4.78 is 5.47. The highest BCUT2D eigenvalue weighted by Crippen LogP contribution is 2.18. The van der Waals surface area contributed by atoms with Crippen LogP contribution in [0.4, 0.5) is 0 Å². The molecule has 2 rings (SSSR count). The van der Waals surface area contributed by atoms with Gasteiger partial charge in [0.05, 0.1) is 12.3 Å². The predicted molar refractivity (Wildman–Crippen MR) is 86.5 cm³/mol. The van der Waals surface area contributed by atoms with Gasteiger partial charge in [-0.3, -0.25) is 4.98 Å². The number of hydrogen-bond acceptors (Lipinski definition) is 3. The summed E-state index contributed by atoms with van der Waals surface area (Å²) in [4.78, 5) is 4.47. The molecular formula is C18H24N2O. The Morgan fingerprint density at radius 2 is 1.90 bits per heavy atom. The van der Waals surface area contributed by atoms with Crippen molar-refractivity contribution in [2.24, 2.45) is 0 Å². The number of hydrogen-bond donors (Lipinski definition) is 1. The maximum atomic E-state index is 5.47. The average molecular weight is 284 g/mol. The minimum Gasteiger partial charge on any atom is -0.494 e. The van der Waals surface area contributed by atoms with E-state index in [0.717, 1.165) is 24.4 Å². The molecule has 21 heavy (non-hydrogen) atoms. The molecule has 1 atom stereocenters. The van der Waals surface area contributed by atoms with E-state index in [0.29, 0.717) is 6.61 Å². The van der Waals surface area contributed by atoms with E-state index in [-0.39, 0.29) is 6.04 Å². The first-order valence-electron chi connectivity index (χ1n) is 7.63. The zero-order chi connectivity index (χ0) is 15.1. The van der Waals surface area contributed by atoms with Crippen LogP contribution >= 0.6 is 0 Å². The number of nitrogens with zero attached hydrogens (tertiary/aromatic N) is 1. The molecule has 0 saturated heterocycles. The largest absolute Gasteiger partial charge is 0.494 e. The highest BCUT2D eigenvalue weighted by Gasteiger charge is 2.07. The summed E-state index contributed by atoms with van der Waals surface area (Å²) in [5.41, 5.74) is 3.70. The van der Waals surface area contributed by atoms with Crippen molar-refractivity contribution in [3.05, 3.63) is 59.4 Å². The lowest BCUT2D eigenvalue weighted by molar-refractivity contribution is 0.340. The topological polar surface area (TPSA) is 34.1 Å². The molecule has 0 bridgehead atoms. The molecule has 1 aromatic heterocycles. The summed E-state index contributed by atoms with van der Waals surface area (Å²) >= 11 is 0. The number of aryl methyl sites for hydroxylation is 1. The summed E-state index contributed by atoms with van der Waals surface area (Å²) in [6, 6.07) is 12.7. The molecule has 0 aliphatic rings. The Kier molecular flexibility index (Phi) is 5.76. The number of benzene rings is 1. The first-order chi connectivity index (χ1) is 10.2. The van der Waals surface area contributed by atoms with Gasteiger partial charge in [-0.25, -0.2) is 0 Å². The molecule has 0 aliphatic carbocycles. The van der Waals surface area contributed by atoms with Gasteiger partial charge in [-0.15, -0.1) is 0 Å². The van der Waals surface area contributed by atoms with E-state index in [4.69, 9.17) is 4.74 Å². The molecule has 0 radical (unpaired) electrons. The Morgan fingerprint density at radius 3 is 2.57 bits per heavy atom. The monoisotopic (exact) mass is 284 g/mol. The Labute approximate surface area is 127 Å². The predicted octanol–water partition coefficient (Wildman–Crippen LogP) is 3.89. The lowest BCUT2D eigenvalue weighted by Crippen LogP contribution is -2.19. The Balaban J connectivity index is 1.96. The van der Waals surface area contributed by atoms with Crippen molar-refractivity contribution in [2.75, 3.05) is 6.61 Å². The van der Waals surface area contributed by atoms with Gasteiger partial charge in [0.25, 0.3) is 0 Å².